The Morgan fingerprint density at radius 1 is 1.14 bits per heavy atom. The Labute approximate surface area is 245 Å². The number of aliphatic hydroxyl groups is 3. The Hall–Kier alpha value is -2.44. The lowest BCUT2D eigenvalue weighted by atomic mass is 9.53. The van der Waals surface area contributed by atoms with Gasteiger partial charge in [-0.1, -0.05) is 63.3 Å². The van der Waals surface area contributed by atoms with E-state index in [4.69, 9.17) is 23.7 Å². The van der Waals surface area contributed by atoms with E-state index >= 15 is 0 Å². The number of esters is 1. The number of allylic oxidation sites excluding steroid dienone is 5. The van der Waals surface area contributed by atoms with E-state index in [9.17, 15) is 24.9 Å². The van der Waals surface area contributed by atoms with Gasteiger partial charge in [0.15, 0.2) is 17.0 Å². The highest BCUT2D eigenvalue weighted by Crippen LogP contribution is 2.73. The van der Waals surface area contributed by atoms with Crippen LogP contribution in [0.3, 0.4) is 0 Å². The summed E-state index contributed by atoms with van der Waals surface area (Å²) >= 11 is 0. The Balaban J connectivity index is 1.57. The molecule has 3 aliphatic heterocycles. The van der Waals surface area contributed by atoms with Crippen LogP contribution in [0.15, 0.2) is 60.3 Å². The number of Topliss-reactive ketones (excluding diaryl/α,β-unsaturated/α-hetero) is 1. The molecule has 12 atom stereocenters. The van der Waals surface area contributed by atoms with Crippen LogP contribution in [0.5, 0.6) is 0 Å². The molecule has 0 amide bonds. The van der Waals surface area contributed by atoms with Gasteiger partial charge >= 0.3 is 11.9 Å². The summed E-state index contributed by atoms with van der Waals surface area (Å²) in [6.45, 7) is 12.1. The lowest BCUT2D eigenvalue weighted by Crippen LogP contribution is -2.76. The zero-order valence-electron chi connectivity index (χ0n) is 24.6. The number of hydrogen-bond donors (Lipinski definition) is 3. The molecule has 0 spiro atoms. The normalized spacial score (nSPS) is 50.1. The van der Waals surface area contributed by atoms with Gasteiger partial charge in [0.05, 0.1) is 12.2 Å². The monoisotopic (exact) mass is 584 g/mol. The van der Waals surface area contributed by atoms with Gasteiger partial charge in [0, 0.05) is 30.8 Å². The van der Waals surface area contributed by atoms with E-state index in [-0.39, 0.29) is 5.57 Å². The zero-order valence-corrected chi connectivity index (χ0v) is 24.6. The van der Waals surface area contributed by atoms with Gasteiger partial charge in [0.2, 0.25) is 0 Å². The molecule has 3 saturated heterocycles. The molecular formula is C32H40O10. The van der Waals surface area contributed by atoms with Crippen LogP contribution >= 0.6 is 0 Å². The summed E-state index contributed by atoms with van der Waals surface area (Å²) in [5.41, 5.74) is -6.19. The highest BCUT2D eigenvalue weighted by atomic mass is 16.9. The molecule has 228 valence electrons. The smallest absolute Gasteiger partial charge is 0.307 e. The molecule has 3 bridgehead atoms. The van der Waals surface area contributed by atoms with Gasteiger partial charge in [0.25, 0.3) is 0 Å². The van der Waals surface area contributed by atoms with Crippen LogP contribution in [0.1, 0.15) is 47.5 Å². The summed E-state index contributed by atoms with van der Waals surface area (Å²) in [7, 11) is 0. The number of hydrogen-bond acceptors (Lipinski definition) is 10. The number of aliphatic hydroxyl groups excluding tert-OH is 2. The number of carbonyl (C=O) groups is 2. The third kappa shape index (κ3) is 3.45. The van der Waals surface area contributed by atoms with Gasteiger partial charge in [-0.3, -0.25) is 9.59 Å². The van der Waals surface area contributed by atoms with Gasteiger partial charge in [-0.05, 0) is 31.4 Å². The zero-order chi connectivity index (χ0) is 30.5. The van der Waals surface area contributed by atoms with E-state index in [1.165, 1.54) is 6.92 Å². The lowest BCUT2D eigenvalue weighted by Gasteiger charge is -2.61. The van der Waals surface area contributed by atoms with Crippen molar-refractivity contribution in [2.45, 2.75) is 100 Å². The number of unbranched alkanes of at least 4 members (excludes halogenated alkanes) is 1. The molecule has 0 radical (unpaired) electrons. The first kappa shape index (κ1) is 29.6. The van der Waals surface area contributed by atoms with Crippen molar-refractivity contribution < 1.29 is 48.6 Å². The minimum atomic E-state index is -2.39. The van der Waals surface area contributed by atoms with E-state index in [0.29, 0.717) is 5.57 Å². The molecule has 42 heavy (non-hydrogen) atoms. The van der Waals surface area contributed by atoms with Crippen LogP contribution in [0.25, 0.3) is 0 Å². The highest BCUT2D eigenvalue weighted by Gasteiger charge is 2.90. The quantitative estimate of drug-likeness (QED) is 0.168. The fourth-order valence-corrected chi connectivity index (χ4v) is 8.45. The number of rotatable bonds is 8. The molecule has 2 saturated carbocycles. The second-order valence-electron chi connectivity index (χ2n) is 12.6. The molecule has 3 aliphatic carbocycles. The predicted octanol–water partition coefficient (Wildman–Crippen LogP) is 2.19. The molecule has 0 aromatic carbocycles. The highest BCUT2D eigenvalue weighted by molar-refractivity contribution is 6.05. The third-order valence-electron chi connectivity index (χ3n) is 10.3. The molecule has 0 aromatic heterocycles. The maximum absolute atomic E-state index is 13.6. The van der Waals surface area contributed by atoms with E-state index in [1.807, 2.05) is 19.1 Å². The maximum Gasteiger partial charge on any atom is 0.307 e. The first-order valence-electron chi connectivity index (χ1n) is 14.7. The molecule has 3 N–H and O–H groups in total. The molecule has 3 heterocycles. The molecule has 0 aromatic rings. The third-order valence-corrected chi connectivity index (χ3v) is 10.3. The van der Waals surface area contributed by atoms with Crippen LogP contribution in [-0.4, -0.2) is 86.5 Å². The number of fused-ring (bicyclic) bond motifs is 3. The minimum absolute atomic E-state index is 0.240. The fraction of sp³-hybridized carbons (Fsp3) is 0.625. The standard InChI is InChI=1S/C32H40O10/c1-7-8-9-10-11-12-13-14-29-40-26-22-25-28(16-33,39-25)27(36)30(37)21(15-18(4)23(30)35)32(22,42-29)19(5)24(38-20(6)34)31(26,41-29)17(2)3/h9-15,19,21-22,24-27,33,36-37H,2,7-8,16H2,1,3-6H3/b10-9+,12-11+,14-13+/t19-,21-,22+,24-,25+,26-,27-,28+,29-,30+,31+,32+/m1/s1. The summed E-state index contributed by atoms with van der Waals surface area (Å²) in [6, 6.07) is 0. The van der Waals surface area contributed by atoms with Crippen molar-refractivity contribution in [1.29, 1.82) is 0 Å². The molecule has 10 nitrogen and oxygen atoms in total. The Kier molecular flexibility index (Phi) is 6.72. The average molecular weight is 585 g/mol. The summed E-state index contributed by atoms with van der Waals surface area (Å²) in [4.78, 5) is 26.2. The number of ether oxygens (including phenoxy) is 5. The Bertz CT molecular complexity index is 1330. The van der Waals surface area contributed by atoms with Gasteiger partial charge in [-0.2, -0.15) is 0 Å². The van der Waals surface area contributed by atoms with Gasteiger partial charge in [-0.25, -0.2) is 0 Å². The molecule has 5 fully saturated rings. The molecule has 6 aliphatic rings. The van der Waals surface area contributed by atoms with Gasteiger partial charge < -0.3 is 39.0 Å². The van der Waals surface area contributed by atoms with E-state index < -0.39 is 88.9 Å². The largest absolute Gasteiger partial charge is 0.459 e. The van der Waals surface area contributed by atoms with Crippen molar-refractivity contribution in [3.63, 3.8) is 0 Å². The SMILES string of the molecule is C=C(C)[C@@]12O[C@@]3(/C=C/C=C/C=C/CCC)O[C@@H]1[C@@H]1[C@@H]4O[C@]4(CO)[C@@H](O)[C@@]4(O)C(=O)C(C)=C[C@H]4[C@@]1(O3)[C@H](C)[C@H]2OC(C)=O. The predicted molar refractivity (Wildman–Crippen MR) is 148 cm³/mol. The Morgan fingerprint density at radius 2 is 1.86 bits per heavy atom. The van der Waals surface area contributed by atoms with Crippen molar-refractivity contribution in [3.8, 4) is 0 Å². The first-order chi connectivity index (χ1) is 19.8. The number of carbonyl (C=O) groups excluding carboxylic acids is 2. The first-order valence-corrected chi connectivity index (χ1v) is 14.7. The van der Waals surface area contributed by atoms with Crippen LogP contribution in [0.4, 0.5) is 0 Å². The summed E-state index contributed by atoms with van der Waals surface area (Å²) in [5.74, 6) is -5.65. The summed E-state index contributed by atoms with van der Waals surface area (Å²) in [6.07, 6.45) is 10.0. The number of epoxide rings is 1. The van der Waals surface area contributed by atoms with Crippen molar-refractivity contribution in [3.05, 3.63) is 60.3 Å². The average Bonchev–Trinajstić information content (AvgIpc) is 3.57. The van der Waals surface area contributed by atoms with Crippen LogP contribution in [-0.2, 0) is 33.3 Å². The summed E-state index contributed by atoms with van der Waals surface area (Å²) < 4.78 is 32.3. The van der Waals surface area contributed by atoms with Crippen molar-refractivity contribution in [2.75, 3.05) is 6.61 Å². The second kappa shape index (κ2) is 9.53. The minimum Gasteiger partial charge on any atom is -0.459 e. The van der Waals surface area contributed by atoms with Gasteiger partial charge in [-0.15, -0.1) is 0 Å². The molecule has 6 rings (SSSR count). The Morgan fingerprint density at radius 3 is 2.50 bits per heavy atom. The summed E-state index contributed by atoms with van der Waals surface area (Å²) in [5, 5.41) is 34.4. The van der Waals surface area contributed by atoms with Crippen LogP contribution in [0, 0.1) is 17.8 Å². The van der Waals surface area contributed by atoms with E-state index in [0.717, 1.165) is 12.8 Å². The molecular weight excluding hydrogens is 544 g/mol. The lowest BCUT2D eigenvalue weighted by molar-refractivity contribution is -0.407. The molecule has 0 unspecified atom stereocenters. The second-order valence-corrected chi connectivity index (χ2v) is 12.6. The van der Waals surface area contributed by atoms with Crippen LogP contribution in [0.2, 0.25) is 0 Å². The van der Waals surface area contributed by atoms with E-state index in [1.54, 1.807) is 38.2 Å². The van der Waals surface area contributed by atoms with Crippen molar-refractivity contribution in [1.82, 2.24) is 0 Å². The van der Waals surface area contributed by atoms with Crippen molar-refractivity contribution in [2.24, 2.45) is 17.8 Å². The number of ketones is 1. The molecule has 10 heteroatoms. The van der Waals surface area contributed by atoms with Crippen LogP contribution < -0.4 is 0 Å². The van der Waals surface area contributed by atoms with E-state index in [2.05, 4.69) is 19.6 Å². The van der Waals surface area contributed by atoms with Gasteiger partial charge in [0.1, 0.15) is 30.0 Å². The van der Waals surface area contributed by atoms with Crippen molar-refractivity contribution >= 4 is 11.8 Å². The topological polar surface area (TPSA) is 144 Å². The fourth-order valence-electron chi connectivity index (χ4n) is 8.45. The maximum atomic E-state index is 13.6.